The summed E-state index contributed by atoms with van der Waals surface area (Å²) in [6.07, 6.45) is 3.11. The Labute approximate surface area is 117 Å². The number of imidazole rings is 1. The molecule has 0 saturated heterocycles. The summed E-state index contributed by atoms with van der Waals surface area (Å²) in [4.78, 5) is 29.9. The molecule has 1 amide bonds. The summed E-state index contributed by atoms with van der Waals surface area (Å²) in [5, 5.41) is 11.6. The van der Waals surface area contributed by atoms with E-state index in [1.807, 2.05) is 0 Å². The molecule has 0 spiro atoms. The van der Waals surface area contributed by atoms with E-state index >= 15 is 0 Å². The van der Waals surface area contributed by atoms with Gasteiger partial charge in [-0.25, -0.2) is 9.78 Å². The molecule has 8 heteroatoms. The summed E-state index contributed by atoms with van der Waals surface area (Å²) in [7, 11) is 0. The van der Waals surface area contributed by atoms with Crippen LogP contribution in [0.3, 0.4) is 0 Å². The average Bonchev–Trinajstić information content (AvgIpc) is 2.99. The second-order valence-corrected chi connectivity index (χ2v) is 5.46. The van der Waals surface area contributed by atoms with Crippen LogP contribution in [0, 0.1) is 0 Å². The molecule has 100 valence electrons. The summed E-state index contributed by atoms with van der Waals surface area (Å²) in [5.41, 5.74) is 0.636. The normalized spacial score (nSPS) is 12.1. The molecule has 0 aromatic carbocycles. The Morgan fingerprint density at radius 3 is 2.84 bits per heavy atom. The minimum absolute atomic E-state index is 0.139. The van der Waals surface area contributed by atoms with E-state index in [0.29, 0.717) is 14.9 Å². The Morgan fingerprint density at radius 1 is 1.53 bits per heavy atom. The third-order valence-corrected chi connectivity index (χ3v) is 3.61. The minimum atomic E-state index is -1.11. The standard InChI is InChI=1S/C11H10ClN3O3S/c12-9-2-1-8(19-9)10(16)15-7(11(17)18)3-6-4-13-5-14-6/h1-2,4-5,7H,3H2,(H,13,14)(H,15,16)(H,17,18)/t7-/m0/s1. The summed E-state index contributed by atoms with van der Waals surface area (Å²) in [6, 6.07) is 2.12. The average molecular weight is 300 g/mol. The van der Waals surface area contributed by atoms with Gasteiger partial charge < -0.3 is 15.4 Å². The lowest BCUT2D eigenvalue weighted by molar-refractivity contribution is -0.139. The van der Waals surface area contributed by atoms with E-state index in [-0.39, 0.29) is 6.42 Å². The number of hydrogen-bond donors (Lipinski definition) is 3. The third-order valence-electron chi connectivity index (χ3n) is 2.38. The van der Waals surface area contributed by atoms with E-state index in [1.54, 1.807) is 12.1 Å². The number of aromatic amines is 1. The van der Waals surface area contributed by atoms with Crippen LogP contribution >= 0.6 is 22.9 Å². The number of nitrogens with zero attached hydrogens (tertiary/aromatic N) is 1. The van der Waals surface area contributed by atoms with Crippen LogP contribution < -0.4 is 5.32 Å². The summed E-state index contributed by atoms with van der Waals surface area (Å²) >= 11 is 6.83. The number of aliphatic carboxylic acids is 1. The van der Waals surface area contributed by atoms with Gasteiger partial charge in [0.2, 0.25) is 0 Å². The highest BCUT2D eigenvalue weighted by Crippen LogP contribution is 2.21. The molecule has 0 bridgehead atoms. The Hall–Kier alpha value is -1.86. The van der Waals surface area contributed by atoms with Gasteiger partial charge in [0.25, 0.3) is 5.91 Å². The molecule has 1 atom stereocenters. The van der Waals surface area contributed by atoms with E-state index in [2.05, 4.69) is 15.3 Å². The molecule has 0 aliphatic carbocycles. The van der Waals surface area contributed by atoms with Crippen LogP contribution in [-0.2, 0) is 11.2 Å². The number of carbonyl (C=O) groups excluding carboxylic acids is 1. The van der Waals surface area contributed by atoms with Crippen molar-refractivity contribution in [3.05, 3.63) is 39.6 Å². The summed E-state index contributed by atoms with van der Waals surface area (Å²) in [6.45, 7) is 0. The number of carbonyl (C=O) groups is 2. The number of nitrogens with one attached hydrogen (secondary N) is 2. The molecular formula is C11H10ClN3O3S. The molecule has 2 aromatic heterocycles. The molecule has 0 fully saturated rings. The summed E-state index contributed by atoms with van der Waals surface area (Å²) < 4.78 is 0.477. The zero-order valence-corrected chi connectivity index (χ0v) is 11.2. The first-order valence-corrected chi connectivity index (χ1v) is 6.52. The van der Waals surface area contributed by atoms with Crippen molar-refractivity contribution in [1.29, 1.82) is 0 Å². The fraction of sp³-hybridized carbons (Fsp3) is 0.182. The van der Waals surface area contributed by atoms with Crippen LogP contribution in [-0.4, -0.2) is 33.0 Å². The predicted octanol–water partition coefficient (Wildman–Crippen LogP) is 1.55. The molecule has 3 N–H and O–H groups in total. The van der Waals surface area contributed by atoms with Crippen molar-refractivity contribution in [3.8, 4) is 0 Å². The van der Waals surface area contributed by atoms with Crippen LogP contribution in [0.2, 0.25) is 4.34 Å². The van der Waals surface area contributed by atoms with Crippen molar-refractivity contribution in [2.45, 2.75) is 12.5 Å². The number of hydrogen-bond acceptors (Lipinski definition) is 4. The van der Waals surface area contributed by atoms with Gasteiger partial charge >= 0.3 is 5.97 Å². The molecule has 6 nitrogen and oxygen atoms in total. The molecule has 0 unspecified atom stereocenters. The number of thiophene rings is 1. The Kier molecular flexibility index (Phi) is 4.18. The van der Waals surface area contributed by atoms with Crippen molar-refractivity contribution in [1.82, 2.24) is 15.3 Å². The molecule has 0 aliphatic rings. The van der Waals surface area contributed by atoms with Gasteiger partial charge in [0, 0.05) is 18.3 Å². The highest BCUT2D eigenvalue weighted by Gasteiger charge is 2.22. The van der Waals surface area contributed by atoms with Crippen molar-refractivity contribution < 1.29 is 14.7 Å². The second-order valence-electron chi connectivity index (χ2n) is 3.75. The van der Waals surface area contributed by atoms with Gasteiger partial charge in [-0.3, -0.25) is 4.79 Å². The maximum Gasteiger partial charge on any atom is 0.326 e. The van der Waals surface area contributed by atoms with E-state index in [1.165, 1.54) is 12.5 Å². The first-order valence-electron chi connectivity index (χ1n) is 5.32. The van der Waals surface area contributed by atoms with Gasteiger partial charge in [0.15, 0.2) is 0 Å². The summed E-state index contributed by atoms with van der Waals surface area (Å²) in [5.74, 6) is -1.56. The second kappa shape index (κ2) is 5.85. The Bertz CT molecular complexity index is 582. The van der Waals surface area contributed by atoms with Crippen LogP contribution in [0.1, 0.15) is 15.4 Å². The topological polar surface area (TPSA) is 95.1 Å². The van der Waals surface area contributed by atoms with Crippen LogP contribution in [0.4, 0.5) is 0 Å². The lowest BCUT2D eigenvalue weighted by Gasteiger charge is -2.12. The zero-order valence-electron chi connectivity index (χ0n) is 9.59. The molecule has 0 aliphatic heterocycles. The molecule has 0 radical (unpaired) electrons. The molecule has 2 aromatic rings. The Morgan fingerprint density at radius 2 is 2.32 bits per heavy atom. The highest BCUT2D eigenvalue weighted by atomic mass is 35.5. The number of carboxylic acids is 1. The van der Waals surface area contributed by atoms with Crippen LogP contribution in [0.5, 0.6) is 0 Å². The number of rotatable bonds is 5. The van der Waals surface area contributed by atoms with E-state index in [9.17, 15) is 9.59 Å². The van der Waals surface area contributed by atoms with Gasteiger partial charge in [0.05, 0.1) is 15.5 Å². The number of amides is 1. The maximum atomic E-state index is 11.9. The molecule has 19 heavy (non-hydrogen) atoms. The fourth-order valence-electron chi connectivity index (χ4n) is 1.48. The molecular weight excluding hydrogens is 290 g/mol. The van der Waals surface area contributed by atoms with Gasteiger partial charge in [-0.2, -0.15) is 0 Å². The van der Waals surface area contributed by atoms with E-state index in [4.69, 9.17) is 16.7 Å². The van der Waals surface area contributed by atoms with E-state index in [0.717, 1.165) is 11.3 Å². The third kappa shape index (κ3) is 3.55. The Balaban J connectivity index is 2.04. The van der Waals surface area contributed by atoms with Crippen molar-refractivity contribution in [2.75, 3.05) is 0 Å². The lowest BCUT2D eigenvalue weighted by Crippen LogP contribution is -2.42. The van der Waals surface area contributed by atoms with Gasteiger partial charge in [-0.15, -0.1) is 11.3 Å². The number of halogens is 1. The maximum absolute atomic E-state index is 11.9. The van der Waals surface area contributed by atoms with Gasteiger partial charge in [-0.05, 0) is 12.1 Å². The van der Waals surface area contributed by atoms with Crippen molar-refractivity contribution in [2.24, 2.45) is 0 Å². The zero-order chi connectivity index (χ0) is 13.8. The first kappa shape index (κ1) is 13.6. The quantitative estimate of drug-likeness (QED) is 0.780. The largest absolute Gasteiger partial charge is 0.480 e. The van der Waals surface area contributed by atoms with Gasteiger partial charge in [-0.1, -0.05) is 11.6 Å². The number of H-pyrrole nitrogens is 1. The fourth-order valence-corrected chi connectivity index (χ4v) is 2.43. The number of aromatic nitrogens is 2. The highest BCUT2D eigenvalue weighted by molar-refractivity contribution is 7.18. The monoisotopic (exact) mass is 299 g/mol. The molecule has 2 heterocycles. The minimum Gasteiger partial charge on any atom is -0.480 e. The van der Waals surface area contributed by atoms with Gasteiger partial charge in [0.1, 0.15) is 6.04 Å². The van der Waals surface area contributed by atoms with Crippen LogP contribution in [0.25, 0.3) is 0 Å². The molecule has 2 rings (SSSR count). The smallest absolute Gasteiger partial charge is 0.326 e. The van der Waals surface area contributed by atoms with E-state index < -0.39 is 17.9 Å². The lowest BCUT2D eigenvalue weighted by atomic mass is 10.1. The van der Waals surface area contributed by atoms with Crippen molar-refractivity contribution in [3.63, 3.8) is 0 Å². The SMILES string of the molecule is O=C(N[C@@H](Cc1cnc[nH]1)C(=O)O)c1ccc(Cl)s1. The van der Waals surface area contributed by atoms with Crippen LogP contribution in [0.15, 0.2) is 24.7 Å². The predicted molar refractivity (Wildman–Crippen MR) is 70.5 cm³/mol. The first-order chi connectivity index (χ1) is 9.06. The number of carboxylic acid groups (broad SMARTS) is 1. The molecule has 0 saturated carbocycles. The van der Waals surface area contributed by atoms with Crippen molar-refractivity contribution >= 4 is 34.8 Å².